The van der Waals surface area contributed by atoms with Gasteiger partial charge >= 0.3 is 11.7 Å². The van der Waals surface area contributed by atoms with E-state index < -0.39 is 11.7 Å². The second-order valence-electron chi connectivity index (χ2n) is 3.68. The summed E-state index contributed by atoms with van der Waals surface area (Å²) < 4.78 is 9.65. The van der Waals surface area contributed by atoms with Crippen LogP contribution in [0.5, 0.6) is 0 Å². The minimum Gasteiger partial charge on any atom is -0.460 e. The Morgan fingerprint density at radius 2 is 2.29 bits per heavy atom. The van der Waals surface area contributed by atoms with Gasteiger partial charge in [0.05, 0.1) is 12.3 Å². The zero-order valence-corrected chi connectivity index (χ0v) is 10.3. The fourth-order valence-corrected chi connectivity index (χ4v) is 1.49. The number of aromatic nitrogens is 1. The van der Waals surface area contributed by atoms with Gasteiger partial charge in [-0.15, -0.1) is 0 Å². The molecular weight excluding hydrogens is 222 g/mol. The van der Waals surface area contributed by atoms with Crippen molar-refractivity contribution < 1.29 is 13.9 Å². The summed E-state index contributed by atoms with van der Waals surface area (Å²) in [6, 6.07) is 0. The topological polar surface area (TPSA) is 72.3 Å². The van der Waals surface area contributed by atoms with E-state index in [0.29, 0.717) is 5.69 Å². The number of oxazole rings is 1. The van der Waals surface area contributed by atoms with Gasteiger partial charge in [0.25, 0.3) is 0 Å². The molecule has 0 fully saturated rings. The van der Waals surface area contributed by atoms with Crippen LogP contribution < -0.4 is 5.76 Å². The van der Waals surface area contributed by atoms with E-state index in [1.807, 2.05) is 26.0 Å². The Kier molecular flexibility index (Phi) is 4.75. The molecule has 1 heterocycles. The van der Waals surface area contributed by atoms with E-state index in [-0.39, 0.29) is 18.3 Å². The summed E-state index contributed by atoms with van der Waals surface area (Å²) in [5, 5.41) is 0. The minimum absolute atomic E-state index is 0.00273. The van der Waals surface area contributed by atoms with E-state index >= 15 is 0 Å². The van der Waals surface area contributed by atoms with Crippen LogP contribution in [0.2, 0.25) is 0 Å². The number of nitrogens with one attached hydrogen (secondary N) is 1. The van der Waals surface area contributed by atoms with Crippen LogP contribution in [0.3, 0.4) is 0 Å². The third-order valence-electron chi connectivity index (χ3n) is 2.36. The molecule has 94 valence electrons. The lowest BCUT2D eigenvalue weighted by molar-refractivity contribution is 0.0485. The van der Waals surface area contributed by atoms with Crippen molar-refractivity contribution in [1.82, 2.24) is 4.98 Å². The number of esters is 1. The van der Waals surface area contributed by atoms with Gasteiger partial charge in [0.1, 0.15) is 0 Å². The van der Waals surface area contributed by atoms with Crippen LogP contribution in [0.4, 0.5) is 0 Å². The van der Waals surface area contributed by atoms with E-state index in [2.05, 4.69) is 4.98 Å². The molecule has 0 saturated carbocycles. The quantitative estimate of drug-likeness (QED) is 0.631. The van der Waals surface area contributed by atoms with Crippen molar-refractivity contribution in [2.24, 2.45) is 0 Å². The lowest BCUT2D eigenvalue weighted by Crippen LogP contribution is -2.08. The van der Waals surface area contributed by atoms with Crippen LogP contribution in [0.25, 0.3) is 0 Å². The average Bonchev–Trinajstić information content (AvgIpc) is 2.68. The van der Waals surface area contributed by atoms with E-state index in [9.17, 15) is 9.59 Å². The maximum absolute atomic E-state index is 11.6. The number of H-pyrrole nitrogens is 1. The fraction of sp³-hybridized carbons (Fsp3) is 0.500. The molecule has 0 aliphatic heterocycles. The largest absolute Gasteiger partial charge is 0.460 e. The number of aromatic amines is 1. The first-order chi connectivity index (χ1) is 8.10. The minimum atomic E-state index is -0.629. The third-order valence-corrected chi connectivity index (χ3v) is 2.36. The van der Waals surface area contributed by atoms with Gasteiger partial charge in [0.15, 0.2) is 0 Å². The number of ether oxygens (including phenoxy) is 1. The van der Waals surface area contributed by atoms with Gasteiger partial charge in [0.2, 0.25) is 5.76 Å². The van der Waals surface area contributed by atoms with Crippen LogP contribution in [0, 0.1) is 0 Å². The molecule has 1 aromatic rings. The molecule has 1 aromatic heterocycles. The molecule has 5 nitrogen and oxygen atoms in total. The van der Waals surface area contributed by atoms with Gasteiger partial charge in [0, 0.05) is 5.92 Å². The predicted octanol–water partition coefficient (Wildman–Crippen LogP) is 2.21. The SMILES string of the molecule is CC=CC[C@H](C)c1[nH]c(=O)oc1C(=O)OCC. The molecule has 0 aliphatic carbocycles. The summed E-state index contributed by atoms with van der Waals surface area (Å²) >= 11 is 0. The van der Waals surface area contributed by atoms with E-state index in [1.54, 1.807) is 6.92 Å². The first kappa shape index (κ1) is 13.3. The summed E-state index contributed by atoms with van der Waals surface area (Å²) in [7, 11) is 0. The second-order valence-corrected chi connectivity index (χ2v) is 3.68. The van der Waals surface area contributed by atoms with Crippen molar-refractivity contribution in [3.8, 4) is 0 Å². The summed E-state index contributed by atoms with van der Waals surface area (Å²) in [5.74, 6) is -1.26. The van der Waals surface area contributed by atoms with Gasteiger partial charge in [-0.05, 0) is 20.3 Å². The number of carbonyl (C=O) groups excluding carboxylic acids is 1. The Morgan fingerprint density at radius 1 is 1.59 bits per heavy atom. The lowest BCUT2D eigenvalue weighted by Gasteiger charge is -2.07. The van der Waals surface area contributed by atoms with E-state index in [0.717, 1.165) is 6.42 Å². The molecule has 1 N–H and O–H groups in total. The average molecular weight is 239 g/mol. The number of rotatable bonds is 5. The smallest absolute Gasteiger partial charge is 0.417 e. The summed E-state index contributed by atoms with van der Waals surface area (Å²) in [6.07, 6.45) is 4.60. The van der Waals surface area contributed by atoms with Gasteiger partial charge in [-0.2, -0.15) is 0 Å². The maximum atomic E-state index is 11.6. The number of hydrogen-bond donors (Lipinski definition) is 1. The van der Waals surface area contributed by atoms with Gasteiger partial charge < -0.3 is 9.15 Å². The summed E-state index contributed by atoms with van der Waals surface area (Å²) in [5.41, 5.74) is 0.492. The maximum Gasteiger partial charge on any atom is 0.417 e. The summed E-state index contributed by atoms with van der Waals surface area (Å²) in [6.45, 7) is 5.77. The van der Waals surface area contributed by atoms with Crippen molar-refractivity contribution in [2.45, 2.75) is 33.1 Å². The van der Waals surface area contributed by atoms with Crippen LogP contribution >= 0.6 is 0 Å². The molecule has 0 amide bonds. The third kappa shape index (κ3) is 3.34. The normalized spacial score (nSPS) is 12.9. The highest BCUT2D eigenvalue weighted by atomic mass is 16.5. The molecule has 0 aromatic carbocycles. The number of carbonyl (C=O) groups is 1. The molecule has 17 heavy (non-hydrogen) atoms. The predicted molar refractivity (Wildman–Crippen MR) is 63.1 cm³/mol. The zero-order chi connectivity index (χ0) is 12.8. The first-order valence-corrected chi connectivity index (χ1v) is 5.61. The molecule has 0 aliphatic rings. The van der Waals surface area contributed by atoms with Crippen LogP contribution in [0.1, 0.15) is 49.4 Å². The second kappa shape index (κ2) is 6.08. The van der Waals surface area contributed by atoms with Gasteiger partial charge in [-0.25, -0.2) is 9.59 Å². The highest BCUT2D eigenvalue weighted by Gasteiger charge is 2.22. The van der Waals surface area contributed by atoms with E-state index in [4.69, 9.17) is 9.15 Å². The van der Waals surface area contributed by atoms with Crippen molar-refractivity contribution in [3.63, 3.8) is 0 Å². The van der Waals surface area contributed by atoms with Crippen molar-refractivity contribution in [2.75, 3.05) is 6.61 Å². The monoisotopic (exact) mass is 239 g/mol. The lowest BCUT2D eigenvalue weighted by atomic mass is 10.0. The Balaban J connectivity index is 2.98. The van der Waals surface area contributed by atoms with Gasteiger partial charge in [-0.1, -0.05) is 19.1 Å². The molecule has 0 bridgehead atoms. The van der Waals surface area contributed by atoms with Crippen molar-refractivity contribution in [1.29, 1.82) is 0 Å². The highest BCUT2D eigenvalue weighted by molar-refractivity contribution is 5.87. The number of allylic oxidation sites excluding steroid dienone is 2. The summed E-state index contributed by atoms with van der Waals surface area (Å²) in [4.78, 5) is 25.2. The van der Waals surface area contributed by atoms with E-state index in [1.165, 1.54) is 0 Å². The van der Waals surface area contributed by atoms with Crippen molar-refractivity contribution in [3.05, 3.63) is 34.2 Å². The molecule has 1 rings (SSSR count). The molecule has 1 atom stereocenters. The Bertz CT molecular complexity index is 455. The molecule has 5 heteroatoms. The first-order valence-electron chi connectivity index (χ1n) is 5.61. The standard InChI is InChI=1S/C12H17NO4/c1-4-6-7-8(3)9-10(11(14)16-5-2)17-12(15)13-9/h4,6,8H,5,7H2,1-3H3,(H,13,15)/t8-/m0/s1. The fourth-order valence-electron chi connectivity index (χ4n) is 1.49. The van der Waals surface area contributed by atoms with Crippen LogP contribution in [-0.2, 0) is 4.74 Å². The molecule has 0 saturated heterocycles. The molecule has 0 unspecified atom stereocenters. The molecule has 0 spiro atoms. The van der Waals surface area contributed by atoms with Crippen molar-refractivity contribution >= 4 is 5.97 Å². The highest BCUT2D eigenvalue weighted by Crippen LogP contribution is 2.21. The van der Waals surface area contributed by atoms with Gasteiger partial charge in [-0.3, -0.25) is 4.98 Å². The van der Waals surface area contributed by atoms with Crippen LogP contribution in [-0.4, -0.2) is 17.6 Å². The Labute approximate surface area is 99.5 Å². The Morgan fingerprint density at radius 3 is 2.88 bits per heavy atom. The van der Waals surface area contributed by atoms with Crippen LogP contribution in [0.15, 0.2) is 21.4 Å². The Hall–Kier alpha value is -1.78. The molecular formula is C12H17NO4. The number of hydrogen-bond acceptors (Lipinski definition) is 4. The zero-order valence-electron chi connectivity index (χ0n) is 10.3. The molecule has 0 radical (unpaired) electrons.